The van der Waals surface area contributed by atoms with Crippen LogP contribution in [0.25, 0.3) is 0 Å². The summed E-state index contributed by atoms with van der Waals surface area (Å²) in [5, 5.41) is 9.92. The van der Waals surface area contributed by atoms with Gasteiger partial charge in [0.15, 0.2) is 0 Å². The van der Waals surface area contributed by atoms with Gasteiger partial charge in [-0.25, -0.2) is 0 Å². The highest BCUT2D eigenvalue weighted by Gasteiger charge is 2.51. The third-order valence-corrected chi connectivity index (χ3v) is 5.93. The average molecular weight is 380 g/mol. The Labute approximate surface area is 164 Å². The number of nitrogens with zero attached hydrogens (tertiary/aromatic N) is 5. The summed E-state index contributed by atoms with van der Waals surface area (Å²) in [5.74, 6) is 0. The molecule has 0 spiro atoms. The highest BCUT2D eigenvalue weighted by Crippen LogP contribution is 2.38. The predicted octanol–water partition coefficient (Wildman–Crippen LogP) is 2.97. The van der Waals surface area contributed by atoms with Crippen molar-refractivity contribution in [2.75, 3.05) is 39.6 Å². The molecule has 4 saturated heterocycles. The smallest absolute Gasteiger partial charge is 0.0802 e. The molecule has 0 radical (unpaired) electrons. The number of hydrogen-bond acceptors (Lipinski definition) is 5. The fourth-order valence-electron chi connectivity index (χ4n) is 4.74. The molecule has 4 aliphatic heterocycles. The Bertz CT molecular complexity index is 857. The van der Waals surface area contributed by atoms with Crippen LogP contribution in [0.4, 0.5) is 0 Å². The fourth-order valence-corrected chi connectivity index (χ4v) is 4.92. The molecule has 2 aromatic rings. The van der Waals surface area contributed by atoms with E-state index in [1.54, 1.807) is 6.21 Å². The first-order chi connectivity index (χ1) is 13.2. The first-order valence-corrected chi connectivity index (χ1v) is 9.68. The third kappa shape index (κ3) is 3.21. The molecular formula is C21H22ClN5. The molecule has 0 unspecified atom stereocenters. The van der Waals surface area contributed by atoms with Gasteiger partial charge in [-0.2, -0.15) is 10.2 Å². The minimum Gasteiger partial charge on any atom is -0.276 e. The molecule has 4 heterocycles. The van der Waals surface area contributed by atoms with E-state index >= 15 is 0 Å². The SMILES string of the molecule is Clc1ccccc1C=NN=C(c1ccccc1)C12CN3CN(CN(C3)C1)C2. The lowest BCUT2D eigenvalue weighted by molar-refractivity contribution is -0.149. The molecule has 0 aromatic heterocycles. The highest BCUT2D eigenvalue weighted by atomic mass is 35.5. The predicted molar refractivity (Wildman–Crippen MR) is 109 cm³/mol. The topological polar surface area (TPSA) is 34.4 Å². The van der Waals surface area contributed by atoms with Gasteiger partial charge >= 0.3 is 0 Å². The van der Waals surface area contributed by atoms with Crippen molar-refractivity contribution >= 4 is 23.5 Å². The van der Waals surface area contributed by atoms with Gasteiger partial charge in [0.05, 0.1) is 37.3 Å². The van der Waals surface area contributed by atoms with Crippen LogP contribution in [-0.4, -0.2) is 66.3 Å². The van der Waals surface area contributed by atoms with Crippen LogP contribution in [0.1, 0.15) is 11.1 Å². The quantitative estimate of drug-likeness (QED) is 0.605. The van der Waals surface area contributed by atoms with Gasteiger partial charge in [0.25, 0.3) is 0 Å². The molecule has 4 aliphatic rings. The van der Waals surface area contributed by atoms with Crippen LogP contribution in [0, 0.1) is 5.41 Å². The lowest BCUT2D eigenvalue weighted by Gasteiger charge is -2.60. The largest absolute Gasteiger partial charge is 0.276 e. The van der Waals surface area contributed by atoms with E-state index in [1.165, 1.54) is 0 Å². The summed E-state index contributed by atoms with van der Waals surface area (Å²) >= 11 is 6.25. The zero-order chi connectivity index (χ0) is 18.3. The van der Waals surface area contributed by atoms with Gasteiger partial charge in [-0.1, -0.05) is 60.1 Å². The first-order valence-electron chi connectivity index (χ1n) is 9.30. The molecule has 0 amide bonds. The summed E-state index contributed by atoms with van der Waals surface area (Å²) in [4.78, 5) is 7.52. The molecule has 4 fully saturated rings. The summed E-state index contributed by atoms with van der Waals surface area (Å²) in [6.45, 7) is 6.29. The Morgan fingerprint density at radius 1 is 0.852 bits per heavy atom. The molecule has 4 bridgehead atoms. The Kier molecular flexibility index (Phi) is 4.32. The van der Waals surface area contributed by atoms with Crippen LogP contribution < -0.4 is 0 Å². The third-order valence-electron chi connectivity index (χ3n) is 5.59. The van der Waals surface area contributed by atoms with Crippen molar-refractivity contribution in [2.24, 2.45) is 15.6 Å². The minimum atomic E-state index is -0.00603. The number of rotatable bonds is 4. The molecule has 27 heavy (non-hydrogen) atoms. The lowest BCUT2D eigenvalue weighted by Crippen LogP contribution is -2.74. The van der Waals surface area contributed by atoms with Crippen LogP contribution in [0.2, 0.25) is 5.02 Å². The van der Waals surface area contributed by atoms with E-state index in [0.717, 1.165) is 56.5 Å². The van der Waals surface area contributed by atoms with Crippen LogP contribution >= 0.6 is 11.6 Å². The zero-order valence-corrected chi connectivity index (χ0v) is 15.9. The van der Waals surface area contributed by atoms with Gasteiger partial charge in [-0.05, 0) is 11.6 Å². The Morgan fingerprint density at radius 2 is 1.44 bits per heavy atom. The maximum absolute atomic E-state index is 6.25. The second-order valence-corrected chi connectivity index (χ2v) is 8.18. The molecule has 0 atom stereocenters. The van der Waals surface area contributed by atoms with Crippen molar-refractivity contribution in [1.29, 1.82) is 0 Å². The monoisotopic (exact) mass is 379 g/mol. The van der Waals surface area contributed by atoms with Crippen LogP contribution in [0.3, 0.4) is 0 Å². The molecule has 6 rings (SSSR count). The van der Waals surface area contributed by atoms with E-state index in [0.29, 0.717) is 5.02 Å². The fraction of sp³-hybridized carbons (Fsp3) is 0.333. The Hall–Kier alpha value is -2.05. The molecule has 0 aliphatic carbocycles. The lowest BCUT2D eigenvalue weighted by atomic mass is 9.74. The molecule has 138 valence electrons. The van der Waals surface area contributed by atoms with Gasteiger partial charge in [0.1, 0.15) is 0 Å². The first kappa shape index (κ1) is 17.1. The van der Waals surface area contributed by atoms with Crippen molar-refractivity contribution in [3.8, 4) is 0 Å². The minimum absolute atomic E-state index is 0.00603. The van der Waals surface area contributed by atoms with Crippen LogP contribution in [-0.2, 0) is 0 Å². The van der Waals surface area contributed by atoms with E-state index in [-0.39, 0.29) is 5.41 Å². The van der Waals surface area contributed by atoms with E-state index < -0.39 is 0 Å². The molecule has 2 aromatic carbocycles. The highest BCUT2D eigenvalue weighted by molar-refractivity contribution is 6.33. The molecular weight excluding hydrogens is 358 g/mol. The Balaban J connectivity index is 1.53. The van der Waals surface area contributed by atoms with E-state index in [2.05, 4.69) is 44.1 Å². The van der Waals surface area contributed by atoms with Gasteiger partial charge in [-0.15, -0.1) is 0 Å². The average Bonchev–Trinajstić information content (AvgIpc) is 2.66. The van der Waals surface area contributed by atoms with E-state index in [9.17, 15) is 0 Å². The normalized spacial score (nSPS) is 32.3. The summed E-state index contributed by atoms with van der Waals surface area (Å²) in [5.41, 5.74) is 3.11. The van der Waals surface area contributed by atoms with Crippen molar-refractivity contribution in [2.45, 2.75) is 0 Å². The summed E-state index contributed by atoms with van der Waals surface area (Å²) in [6, 6.07) is 18.2. The van der Waals surface area contributed by atoms with E-state index in [4.69, 9.17) is 16.7 Å². The van der Waals surface area contributed by atoms with Crippen LogP contribution in [0.15, 0.2) is 64.8 Å². The Morgan fingerprint density at radius 3 is 2.07 bits per heavy atom. The summed E-state index contributed by atoms with van der Waals surface area (Å²) in [6.07, 6.45) is 1.76. The van der Waals surface area contributed by atoms with E-state index in [1.807, 2.05) is 30.3 Å². The molecule has 6 heteroatoms. The number of hydrogen-bond donors (Lipinski definition) is 0. The maximum atomic E-state index is 6.25. The van der Waals surface area contributed by atoms with Crippen molar-refractivity contribution in [1.82, 2.24) is 14.7 Å². The summed E-state index contributed by atoms with van der Waals surface area (Å²) in [7, 11) is 0. The number of benzene rings is 2. The number of halogens is 1. The van der Waals surface area contributed by atoms with Crippen molar-refractivity contribution in [3.05, 3.63) is 70.7 Å². The standard InChI is InChI=1S/C21H22ClN5/c22-19-9-5-4-8-18(19)10-23-24-20(17-6-2-1-3-7-17)21-11-25-14-26(12-21)16-27(13-21)15-25/h1-10H,11-16H2. The van der Waals surface area contributed by atoms with Crippen LogP contribution in [0.5, 0.6) is 0 Å². The zero-order valence-electron chi connectivity index (χ0n) is 15.1. The van der Waals surface area contributed by atoms with Crippen molar-refractivity contribution in [3.63, 3.8) is 0 Å². The van der Waals surface area contributed by atoms with Crippen molar-refractivity contribution < 1.29 is 0 Å². The van der Waals surface area contributed by atoms with Gasteiger partial charge in [0.2, 0.25) is 0 Å². The summed E-state index contributed by atoms with van der Waals surface area (Å²) < 4.78 is 0. The molecule has 0 N–H and O–H groups in total. The maximum Gasteiger partial charge on any atom is 0.0802 e. The molecule has 5 nitrogen and oxygen atoms in total. The second-order valence-electron chi connectivity index (χ2n) is 7.77. The molecule has 0 saturated carbocycles. The van der Waals surface area contributed by atoms with Gasteiger partial charge < -0.3 is 0 Å². The second kappa shape index (κ2) is 6.84. The van der Waals surface area contributed by atoms with Gasteiger partial charge in [0, 0.05) is 30.2 Å². The van der Waals surface area contributed by atoms with Gasteiger partial charge in [-0.3, -0.25) is 14.7 Å².